The molecule has 0 aliphatic rings. The number of nitrogens with zero attached hydrogens (tertiary/aromatic N) is 2. The van der Waals surface area contributed by atoms with Gasteiger partial charge in [-0.2, -0.15) is 0 Å². The molecule has 0 bridgehead atoms. The van der Waals surface area contributed by atoms with Crippen LogP contribution in [-0.4, -0.2) is 17.7 Å². The lowest BCUT2D eigenvalue weighted by Gasteiger charge is -2.10. The third-order valence-electron chi connectivity index (χ3n) is 3.81. The molecule has 3 rings (SSSR count). The summed E-state index contributed by atoms with van der Waals surface area (Å²) in [6, 6.07) is 14.8. The van der Waals surface area contributed by atoms with E-state index in [2.05, 4.69) is 20.8 Å². The molecule has 0 aliphatic carbocycles. The Morgan fingerprint density at radius 3 is 2.67 bits per heavy atom. The molecule has 0 saturated carbocycles. The Hall–Kier alpha value is -3.22. The normalized spacial score (nSPS) is 11.4. The molecule has 27 heavy (non-hydrogen) atoms. The van der Waals surface area contributed by atoms with Gasteiger partial charge in [0.15, 0.2) is 11.7 Å². The topological polar surface area (TPSA) is 62.5 Å². The van der Waals surface area contributed by atoms with Crippen LogP contribution in [0, 0.1) is 11.6 Å². The monoisotopic (exact) mass is 370 g/mol. The second-order valence-corrected chi connectivity index (χ2v) is 5.83. The van der Waals surface area contributed by atoms with Crippen molar-refractivity contribution in [1.82, 2.24) is 15.8 Å². The highest BCUT2D eigenvalue weighted by atomic mass is 19.1. The van der Waals surface area contributed by atoms with Crippen LogP contribution in [0.3, 0.4) is 0 Å². The Balaban J connectivity index is 1.64. The molecule has 0 radical (unpaired) electrons. The van der Waals surface area contributed by atoms with Crippen molar-refractivity contribution in [2.75, 3.05) is 6.54 Å². The summed E-state index contributed by atoms with van der Waals surface area (Å²) in [7, 11) is 0. The number of aliphatic imine (C=N–C) groups is 1. The first kappa shape index (κ1) is 18.6. The molecule has 0 saturated heterocycles. The molecule has 2 N–H and O–H groups in total. The summed E-state index contributed by atoms with van der Waals surface area (Å²) < 4.78 is 32.3. The average molecular weight is 370 g/mol. The first-order valence-electron chi connectivity index (χ1n) is 8.63. The first-order chi connectivity index (χ1) is 13.2. The predicted molar refractivity (Wildman–Crippen MR) is 100.0 cm³/mol. The van der Waals surface area contributed by atoms with E-state index in [1.54, 1.807) is 0 Å². The van der Waals surface area contributed by atoms with Gasteiger partial charge >= 0.3 is 0 Å². The van der Waals surface area contributed by atoms with Crippen molar-refractivity contribution in [2.24, 2.45) is 4.99 Å². The quantitative estimate of drug-likeness (QED) is 0.511. The van der Waals surface area contributed by atoms with Gasteiger partial charge < -0.3 is 15.2 Å². The van der Waals surface area contributed by atoms with Crippen LogP contribution < -0.4 is 10.6 Å². The lowest BCUT2D eigenvalue weighted by atomic mass is 10.2. The molecule has 0 amide bonds. The molecule has 0 atom stereocenters. The zero-order valence-corrected chi connectivity index (χ0v) is 14.9. The maximum Gasteiger partial charge on any atom is 0.191 e. The van der Waals surface area contributed by atoms with Gasteiger partial charge in [0.2, 0.25) is 0 Å². The van der Waals surface area contributed by atoms with Crippen molar-refractivity contribution in [3.05, 3.63) is 77.5 Å². The second kappa shape index (κ2) is 8.93. The number of aromatic nitrogens is 1. The molecule has 140 valence electrons. The Kier molecular flexibility index (Phi) is 6.14. The maximum absolute atomic E-state index is 13.7. The Morgan fingerprint density at radius 1 is 1.07 bits per heavy atom. The molecular weight excluding hydrogens is 350 g/mol. The van der Waals surface area contributed by atoms with Crippen molar-refractivity contribution in [3.8, 4) is 11.3 Å². The minimum atomic E-state index is -0.490. The van der Waals surface area contributed by atoms with Gasteiger partial charge in [0.1, 0.15) is 17.3 Å². The van der Waals surface area contributed by atoms with E-state index in [-0.39, 0.29) is 12.1 Å². The van der Waals surface area contributed by atoms with Crippen LogP contribution in [0.25, 0.3) is 11.3 Å². The Morgan fingerprint density at radius 2 is 1.89 bits per heavy atom. The molecule has 0 spiro atoms. The fourth-order valence-electron chi connectivity index (χ4n) is 2.48. The van der Waals surface area contributed by atoms with Crippen LogP contribution in [-0.2, 0) is 13.1 Å². The third-order valence-corrected chi connectivity index (χ3v) is 3.81. The van der Waals surface area contributed by atoms with Crippen LogP contribution in [0.2, 0.25) is 0 Å². The number of nitrogens with one attached hydrogen (secondary N) is 2. The van der Waals surface area contributed by atoms with E-state index in [0.717, 1.165) is 23.8 Å². The molecule has 5 nitrogen and oxygen atoms in total. The highest BCUT2D eigenvalue weighted by molar-refractivity contribution is 5.79. The predicted octanol–water partition coefficient (Wildman–Crippen LogP) is 3.88. The summed E-state index contributed by atoms with van der Waals surface area (Å²) in [6.07, 6.45) is 0. The molecule has 2 aromatic carbocycles. The molecule has 0 fully saturated rings. The Bertz CT molecular complexity index is 909. The lowest BCUT2D eigenvalue weighted by molar-refractivity contribution is 0.422. The summed E-state index contributed by atoms with van der Waals surface area (Å²) >= 11 is 0. The van der Waals surface area contributed by atoms with Crippen LogP contribution in [0.1, 0.15) is 18.2 Å². The number of halogens is 2. The van der Waals surface area contributed by atoms with E-state index < -0.39 is 11.6 Å². The van der Waals surface area contributed by atoms with Crippen molar-refractivity contribution >= 4 is 5.96 Å². The number of guanidine groups is 1. The van der Waals surface area contributed by atoms with E-state index in [1.807, 2.05) is 43.3 Å². The van der Waals surface area contributed by atoms with Crippen molar-refractivity contribution in [1.29, 1.82) is 0 Å². The molecule has 7 heteroatoms. The van der Waals surface area contributed by atoms with Gasteiger partial charge in [-0.05, 0) is 25.1 Å². The number of rotatable bonds is 6. The van der Waals surface area contributed by atoms with Crippen LogP contribution in [0.15, 0.2) is 64.1 Å². The molecule has 3 aromatic rings. The second-order valence-electron chi connectivity index (χ2n) is 5.83. The Labute approximate surface area is 156 Å². The van der Waals surface area contributed by atoms with Gasteiger partial charge in [0.25, 0.3) is 0 Å². The molecule has 0 unspecified atom stereocenters. The van der Waals surface area contributed by atoms with Crippen LogP contribution >= 0.6 is 0 Å². The largest absolute Gasteiger partial charge is 0.357 e. The zero-order valence-electron chi connectivity index (χ0n) is 14.9. The van der Waals surface area contributed by atoms with E-state index >= 15 is 0 Å². The molecular formula is C20H20F2N4O. The van der Waals surface area contributed by atoms with Crippen LogP contribution in [0.5, 0.6) is 0 Å². The number of hydrogen-bond acceptors (Lipinski definition) is 3. The fraction of sp³-hybridized carbons (Fsp3) is 0.200. The van der Waals surface area contributed by atoms with E-state index in [0.29, 0.717) is 30.5 Å². The fourth-order valence-corrected chi connectivity index (χ4v) is 2.48. The molecule has 1 heterocycles. The van der Waals surface area contributed by atoms with Gasteiger partial charge in [0, 0.05) is 23.7 Å². The minimum Gasteiger partial charge on any atom is -0.357 e. The molecule has 1 aromatic heterocycles. The van der Waals surface area contributed by atoms with Gasteiger partial charge in [-0.1, -0.05) is 35.5 Å². The van der Waals surface area contributed by atoms with Crippen molar-refractivity contribution in [2.45, 2.75) is 20.0 Å². The van der Waals surface area contributed by atoms with Crippen molar-refractivity contribution in [3.63, 3.8) is 0 Å². The highest BCUT2D eigenvalue weighted by Gasteiger charge is 2.08. The standard InChI is InChI=1S/C20H20F2N4O/c1-2-23-20(24-12-15-10-16(21)8-9-18(15)22)25-13-17-11-19(27-26-17)14-6-4-3-5-7-14/h3-11H,2,12-13H2,1H3,(H2,23,24,25). The van der Waals surface area contributed by atoms with Gasteiger partial charge in [0.05, 0.1) is 13.1 Å². The summed E-state index contributed by atoms with van der Waals surface area (Å²) in [5.41, 5.74) is 1.84. The van der Waals surface area contributed by atoms with E-state index in [1.165, 1.54) is 0 Å². The molecule has 0 aliphatic heterocycles. The number of hydrogen-bond donors (Lipinski definition) is 2. The summed E-state index contributed by atoms with van der Waals surface area (Å²) in [5.74, 6) is 0.178. The third kappa shape index (κ3) is 5.13. The van der Waals surface area contributed by atoms with Gasteiger partial charge in [-0.15, -0.1) is 0 Å². The lowest BCUT2D eigenvalue weighted by Crippen LogP contribution is -2.36. The summed E-state index contributed by atoms with van der Waals surface area (Å²) in [5, 5.41) is 10.2. The van der Waals surface area contributed by atoms with Crippen LogP contribution in [0.4, 0.5) is 8.78 Å². The van der Waals surface area contributed by atoms with Gasteiger partial charge in [-0.3, -0.25) is 0 Å². The number of benzene rings is 2. The minimum absolute atomic E-state index is 0.0208. The summed E-state index contributed by atoms with van der Waals surface area (Å²) in [4.78, 5) is 4.30. The highest BCUT2D eigenvalue weighted by Crippen LogP contribution is 2.19. The van der Waals surface area contributed by atoms with Gasteiger partial charge in [-0.25, -0.2) is 13.8 Å². The average Bonchev–Trinajstić information content (AvgIpc) is 3.16. The first-order valence-corrected chi connectivity index (χ1v) is 8.63. The maximum atomic E-state index is 13.7. The van der Waals surface area contributed by atoms with E-state index in [9.17, 15) is 8.78 Å². The van der Waals surface area contributed by atoms with E-state index in [4.69, 9.17) is 4.52 Å². The SMILES string of the molecule is CCNC(=NCc1cc(F)ccc1F)NCc1cc(-c2ccccc2)on1. The smallest absolute Gasteiger partial charge is 0.191 e. The zero-order chi connectivity index (χ0) is 19.1. The summed E-state index contributed by atoms with van der Waals surface area (Å²) in [6.45, 7) is 2.95. The van der Waals surface area contributed by atoms with Crippen molar-refractivity contribution < 1.29 is 13.3 Å².